The van der Waals surface area contributed by atoms with Crippen molar-refractivity contribution in [3.05, 3.63) is 24.2 Å². The molecular weight excluding hydrogens is 180 g/mol. The van der Waals surface area contributed by atoms with E-state index in [1.807, 2.05) is 12.1 Å². The van der Waals surface area contributed by atoms with Crippen LogP contribution in [0.15, 0.2) is 22.8 Å². The molecule has 2 heterocycles. The monoisotopic (exact) mass is 196 g/mol. The van der Waals surface area contributed by atoms with Crippen LogP contribution < -0.4 is 11.3 Å². The average Bonchev–Trinajstić information content (AvgIpc) is 2.74. The number of furan rings is 1. The van der Waals surface area contributed by atoms with E-state index in [0.717, 1.165) is 25.2 Å². The Hall–Kier alpha value is -0.840. The molecule has 1 fully saturated rings. The summed E-state index contributed by atoms with van der Waals surface area (Å²) in [6.45, 7) is 0.823. The second kappa shape index (κ2) is 4.59. The Bertz CT molecular complexity index is 255. The van der Waals surface area contributed by atoms with Crippen LogP contribution >= 0.6 is 0 Å². The molecule has 0 bridgehead atoms. The molecule has 0 radical (unpaired) electrons. The fraction of sp³-hybridized carbons (Fsp3) is 0.600. The molecule has 1 aromatic heterocycles. The Kier molecular flexibility index (Phi) is 3.18. The van der Waals surface area contributed by atoms with Gasteiger partial charge in [0.2, 0.25) is 0 Å². The van der Waals surface area contributed by atoms with E-state index in [-0.39, 0.29) is 12.1 Å². The molecule has 1 aromatic rings. The van der Waals surface area contributed by atoms with Crippen molar-refractivity contribution in [3.8, 4) is 0 Å². The number of hydrogen-bond acceptors (Lipinski definition) is 4. The van der Waals surface area contributed by atoms with Gasteiger partial charge in [-0.05, 0) is 31.4 Å². The van der Waals surface area contributed by atoms with Crippen molar-refractivity contribution in [2.24, 2.45) is 5.84 Å². The molecule has 1 aliphatic rings. The molecule has 0 aliphatic carbocycles. The van der Waals surface area contributed by atoms with Gasteiger partial charge in [0, 0.05) is 6.61 Å². The topological polar surface area (TPSA) is 60.4 Å². The number of ether oxygens (including phenoxy) is 1. The zero-order chi connectivity index (χ0) is 9.80. The van der Waals surface area contributed by atoms with Crippen LogP contribution in [0.4, 0.5) is 0 Å². The van der Waals surface area contributed by atoms with Crippen LogP contribution in [0, 0.1) is 0 Å². The smallest absolute Gasteiger partial charge is 0.124 e. The maximum atomic E-state index is 5.65. The van der Waals surface area contributed by atoms with E-state index in [4.69, 9.17) is 15.0 Å². The van der Waals surface area contributed by atoms with Crippen LogP contribution in [0.2, 0.25) is 0 Å². The summed E-state index contributed by atoms with van der Waals surface area (Å²) in [5.74, 6) is 6.35. The fourth-order valence-corrected chi connectivity index (χ4v) is 1.87. The Morgan fingerprint density at radius 3 is 3.00 bits per heavy atom. The lowest BCUT2D eigenvalue weighted by molar-refractivity contribution is -0.0126. The van der Waals surface area contributed by atoms with Gasteiger partial charge in [-0.3, -0.25) is 5.84 Å². The number of nitrogens with two attached hydrogens (primary N) is 1. The third-order valence-electron chi connectivity index (χ3n) is 2.62. The zero-order valence-electron chi connectivity index (χ0n) is 8.11. The van der Waals surface area contributed by atoms with Gasteiger partial charge in [0.1, 0.15) is 11.8 Å². The lowest BCUT2D eigenvalue weighted by Gasteiger charge is -2.28. The van der Waals surface area contributed by atoms with Crippen LogP contribution in [-0.2, 0) is 4.74 Å². The lowest BCUT2D eigenvalue weighted by Crippen LogP contribution is -2.39. The third-order valence-corrected chi connectivity index (χ3v) is 2.62. The first-order valence-electron chi connectivity index (χ1n) is 5.03. The van der Waals surface area contributed by atoms with Crippen molar-refractivity contribution in [2.75, 3.05) is 6.61 Å². The van der Waals surface area contributed by atoms with E-state index in [1.54, 1.807) is 6.26 Å². The number of hydrazine groups is 1. The molecule has 0 aromatic carbocycles. The summed E-state index contributed by atoms with van der Waals surface area (Å²) in [6, 6.07) is 3.76. The van der Waals surface area contributed by atoms with Gasteiger partial charge in [-0.25, -0.2) is 5.43 Å². The average molecular weight is 196 g/mol. The van der Waals surface area contributed by atoms with Gasteiger partial charge in [-0.1, -0.05) is 0 Å². The molecule has 0 saturated carbocycles. The highest BCUT2D eigenvalue weighted by Crippen LogP contribution is 2.25. The van der Waals surface area contributed by atoms with E-state index in [9.17, 15) is 0 Å². The van der Waals surface area contributed by atoms with Crippen molar-refractivity contribution in [2.45, 2.75) is 31.4 Å². The quantitative estimate of drug-likeness (QED) is 0.566. The number of rotatable bonds is 3. The van der Waals surface area contributed by atoms with Gasteiger partial charge in [0.05, 0.1) is 12.4 Å². The molecule has 1 saturated heterocycles. The van der Waals surface area contributed by atoms with E-state index >= 15 is 0 Å². The SMILES string of the molecule is NNC(c1ccco1)C1CCCCO1. The fourth-order valence-electron chi connectivity index (χ4n) is 1.87. The predicted octanol–water partition coefficient (Wildman–Crippen LogP) is 1.35. The van der Waals surface area contributed by atoms with E-state index in [2.05, 4.69) is 5.43 Å². The summed E-state index contributed by atoms with van der Waals surface area (Å²) in [7, 11) is 0. The minimum atomic E-state index is -0.0229. The summed E-state index contributed by atoms with van der Waals surface area (Å²) in [5.41, 5.74) is 2.76. The largest absolute Gasteiger partial charge is 0.468 e. The second-order valence-electron chi connectivity index (χ2n) is 3.56. The van der Waals surface area contributed by atoms with Crippen LogP contribution in [0.3, 0.4) is 0 Å². The first-order chi connectivity index (χ1) is 6.92. The molecule has 78 valence electrons. The van der Waals surface area contributed by atoms with Crippen molar-refractivity contribution in [1.29, 1.82) is 0 Å². The summed E-state index contributed by atoms with van der Waals surface area (Å²) < 4.78 is 11.0. The van der Waals surface area contributed by atoms with Crippen molar-refractivity contribution < 1.29 is 9.15 Å². The highest BCUT2D eigenvalue weighted by Gasteiger charge is 2.26. The minimum Gasteiger partial charge on any atom is -0.468 e. The molecule has 2 atom stereocenters. The Labute approximate surface area is 83.4 Å². The Morgan fingerprint density at radius 2 is 2.43 bits per heavy atom. The molecule has 4 heteroatoms. The zero-order valence-corrected chi connectivity index (χ0v) is 8.11. The second-order valence-corrected chi connectivity index (χ2v) is 3.56. The first kappa shape index (κ1) is 9.71. The van der Waals surface area contributed by atoms with Gasteiger partial charge in [-0.2, -0.15) is 0 Å². The van der Waals surface area contributed by atoms with Crippen molar-refractivity contribution >= 4 is 0 Å². The summed E-state index contributed by atoms with van der Waals surface area (Å²) in [6.07, 6.45) is 5.17. The predicted molar refractivity (Wildman–Crippen MR) is 52.4 cm³/mol. The van der Waals surface area contributed by atoms with E-state index in [0.29, 0.717) is 0 Å². The third kappa shape index (κ3) is 1.97. The summed E-state index contributed by atoms with van der Waals surface area (Å²) in [5, 5.41) is 0. The minimum absolute atomic E-state index is 0.0229. The maximum absolute atomic E-state index is 5.65. The molecule has 0 amide bonds. The molecule has 2 unspecified atom stereocenters. The van der Waals surface area contributed by atoms with Gasteiger partial charge in [-0.15, -0.1) is 0 Å². The van der Waals surface area contributed by atoms with Crippen LogP contribution in [0.5, 0.6) is 0 Å². The standard InChI is InChI=1S/C10H16N2O2/c11-12-10(9-5-3-7-14-9)8-4-1-2-6-13-8/h3,5,7-8,10,12H,1-2,4,6,11H2. The van der Waals surface area contributed by atoms with Crippen molar-refractivity contribution in [1.82, 2.24) is 5.43 Å². The van der Waals surface area contributed by atoms with Gasteiger partial charge in [0.15, 0.2) is 0 Å². The van der Waals surface area contributed by atoms with E-state index < -0.39 is 0 Å². The van der Waals surface area contributed by atoms with Crippen LogP contribution in [0.25, 0.3) is 0 Å². The molecular formula is C10H16N2O2. The van der Waals surface area contributed by atoms with Crippen LogP contribution in [-0.4, -0.2) is 12.7 Å². The van der Waals surface area contributed by atoms with Gasteiger partial charge >= 0.3 is 0 Å². The molecule has 3 N–H and O–H groups in total. The molecule has 0 spiro atoms. The highest BCUT2D eigenvalue weighted by molar-refractivity contribution is 5.06. The normalized spacial score (nSPS) is 24.8. The van der Waals surface area contributed by atoms with Crippen molar-refractivity contribution in [3.63, 3.8) is 0 Å². The highest BCUT2D eigenvalue weighted by atomic mass is 16.5. The Balaban J connectivity index is 2.04. The maximum Gasteiger partial charge on any atom is 0.124 e. The van der Waals surface area contributed by atoms with Crippen LogP contribution in [0.1, 0.15) is 31.1 Å². The van der Waals surface area contributed by atoms with E-state index in [1.165, 1.54) is 6.42 Å². The first-order valence-corrected chi connectivity index (χ1v) is 5.03. The molecule has 4 nitrogen and oxygen atoms in total. The molecule has 14 heavy (non-hydrogen) atoms. The summed E-state index contributed by atoms with van der Waals surface area (Å²) in [4.78, 5) is 0. The number of hydrogen-bond donors (Lipinski definition) is 2. The van der Waals surface area contributed by atoms with Gasteiger partial charge in [0.25, 0.3) is 0 Å². The molecule has 1 aliphatic heterocycles. The van der Waals surface area contributed by atoms with Gasteiger partial charge < -0.3 is 9.15 Å². The molecule has 2 rings (SSSR count). The lowest BCUT2D eigenvalue weighted by atomic mass is 10.0. The Morgan fingerprint density at radius 1 is 1.50 bits per heavy atom. The number of nitrogens with one attached hydrogen (secondary N) is 1. The summed E-state index contributed by atoms with van der Waals surface area (Å²) >= 11 is 0.